The molecule has 0 radical (unpaired) electrons. The second kappa shape index (κ2) is 8.75. The molecule has 138 valence electrons. The normalized spacial score (nSPS) is 17.0. The number of hydrogen-bond donors (Lipinski definition) is 1. The fourth-order valence-electron chi connectivity index (χ4n) is 3.34. The monoisotopic (exact) mass is 352 g/mol. The lowest BCUT2D eigenvalue weighted by Crippen LogP contribution is -2.37. The lowest BCUT2D eigenvalue weighted by atomic mass is 10.0. The number of piperidine rings is 1. The van der Waals surface area contributed by atoms with Gasteiger partial charge in [0.05, 0.1) is 6.61 Å². The minimum Gasteiger partial charge on any atom is -0.494 e. The van der Waals surface area contributed by atoms with E-state index in [2.05, 4.69) is 36.2 Å². The van der Waals surface area contributed by atoms with Gasteiger partial charge in [0.15, 0.2) is 0 Å². The van der Waals surface area contributed by atoms with Gasteiger partial charge in [0.1, 0.15) is 5.75 Å². The first-order valence-electron chi connectivity index (χ1n) is 9.58. The summed E-state index contributed by atoms with van der Waals surface area (Å²) in [7, 11) is 0. The Morgan fingerprint density at radius 3 is 2.50 bits per heavy atom. The maximum absolute atomic E-state index is 12.4. The van der Waals surface area contributed by atoms with Crippen molar-refractivity contribution in [2.45, 2.75) is 45.6 Å². The van der Waals surface area contributed by atoms with Gasteiger partial charge >= 0.3 is 0 Å². The molecule has 4 heteroatoms. The van der Waals surface area contributed by atoms with Crippen LogP contribution in [0.25, 0.3) is 0 Å². The number of carbonyl (C=O) groups is 1. The standard InChI is InChI=1S/C22H28N2O2/c1-3-16-26-21-13-7-18(8-14-21)22(25)23-19-9-11-20(12-10-19)24-15-5-4-6-17(24)2/h7-14,17H,3-6,15-16H2,1-2H3,(H,23,25)/t17-/m1/s1. The Hall–Kier alpha value is -2.49. The molecule has 1 amide bonds. The SMILES string of the molecule is CCCOc1ccc(C(=O)Nc2ccc(N3CCCC[C@H]3C)cc2)cc1. The van der Waals surface area contributed by atoms with Crippen molar-refractivity contribution in [1.82, 2.24) is 0 Å². The molecule has 1 atom stereocenters. The number of carbonyl (C=O) groups excluding carboxylic acids is 1. The van der Waals surface area contributed by atoms with Crippen molar-refractivity contribution in [3.8, 4) is 5.75 Å². The number of amides is 1. The van der Waals surface area contributed by atoms with Crippen LogP contribution < -0.4 is 15.0 Å². The summed E-state index contributed by atoms with van der Waals surface area (Å²) in [4.78, 5) is 14.9. The van der Waals surface area contributed by atoms with E-state index in [0.717, 1.165) is 24.4 Å². The second-order valence-electron chi connectivity index (χ2n) is 6.91. The maximum atomic E-state index is 12.4. The van der Waals surface area contributed by atoms with E-state index in [-0.39, 0.29) is 5.91 Å². The van der Waals surface area contributed by atoms with Crippen molar-refractivity contribution in [3.63, 3.8) is 0 Å². The number of rotatable bonds is 6. The Morgan fingerprint density at radius 1 is 1.12 bits per heavy atom. The van der Waals surface area contributed by atoms with Gasteiger partial charge in [-0.15, -0.1) is 0 Å². The molecule has 2 aromatic carbocycles. The number of anilines is 2. The van der Waals surface area contributed by atoms with Gasteiger partial charge in [-0.2, -0.15) is 0 Å². The molecule has 1 heterocycles. The van der Waals surface area contributed by atoms with Crippen molar-refractivity contribution < 1.29 is 9.53 Å². The smallest absolute Gasteiger partial charge is 0.255 e. The predicted molar refractivity (Wildman–Crippen MR) is 107 cm³/mol. The third kappa shape index (κ3) is 4.57. The Labute approximate surface area is 156 Å². The Bertz CT molecular complexity index is 710. The zero-order chi connectivity index (χ0) is 18.4. The summed E-state index contributed by atoms with van der Waals surface area (Å²) >= 11 is 0. The van der Waals surface area contributed by atoms with E-state index in [1.165, 1.54) is 24.9 Å². The van der Waals surface area contributed by atoms with Gasteiger partial charge in [-0.1, -0.05) is 6.92 Å². The molecular weight excluding hydrogens is 324 g/mol. The van der Waals surface area contributed by atoms with E-state index in [1.54, 1.807) is 12.1 Å². The second-order valence-corrected chi connectivity index (χ2v) is 6.91. The van der Waals surface area contributed by atoms with Crippen LogP contribution in [-0.4, -0.2) is 25.1 Å². The highest BCUT2D eigenvalue weighted by Crippen LogP contribution is 2.26. The van der Waals surface area contributed by atoms with Gasteiger partial charge < -0.3 is 15.0 Å². The van der Waals surface area contributed by atoms with Gasteiger partial charge in [0.25, 0.3) is 5.91 Å². The van der Waals surface area contributed by atoms with Gasteiger partial charge in [-0.3, -0.25) is 4.79 Å². The zero-order valence-corrected chi connectivity index (χ0v) is 15.7. The van der Waals surface area contributed by atoms with Gasteiger partial charge in [-0.25, -0.2) is 0 Å². The first-order chi connectivity index (χ1) is 12.7. The summed E-state index contributed by atoms with van der Waals surface area (Å²) in [5, 5.41) is 2.96. The Balaban J connectivity index is 1.60. The highest BCUT2D eigenvalue weighted by Gasteiger charge is 2.18. The summed E-state index contributed by atoms with van der Waals surface area (Å²) in [6.07, 6.45) is 4.78. The Morgan fingerprint density at radius 2 is 1.85 bits per heavy atom. The van der Waals surface area contributed by atoms with Crippen molar-refractivity contribution in [2.24, 2.45) is 0 Å². The van der Waals surface area contributed by atoms with Crippen LogP contribution in [0.3, 0.4) is 0 Å². The third-order valence-electron chi connectivity index (χ3n) is 4.85. The third-order valence-corrected chi connectivity index (χ3v) is 4.85. The van der Waals surface area contributed by atoms with E-state index < -0.39 is 0 Å². The summed E-state index contributed by atoms with van der Waals surface area (Å²) in [5.74, 6) is 0.689. The van der Waals surface area contributed by atoms with Crippen LogP contribution in [0.5, 0.6) is 5.75 Å². The molecule has 0 bridgehead atoms. The van der Waals surface area contributed by atoms with Crippen LogP contribution in [0.2, 0.25) is 0 Å². The molecule has 1 fully saturated rings. The molecule has 0 aromatic heterocycles. The molecule has 1 aliphatic rings. The van der Waals surface area contributed by atoms with Crippen molar-refractivity contribution in [2.75, 3.05) is 23.4 Å². The van der Waals surface area contributed by atoms with E-state index in [1.807, 2.05) is 24.3 Å². The topological polar surface area (TPSA) is 41.6 Å². The van der Waals surface area contributed by atoms with E-state index in [4.69, 9.17) is 4.74 Å². The molecule has 1 aliphatic heterocycles. The van der Waals surface area contributed by atoms with Gasteiger partial charge in [-0.05, 0) is 81.1 Å². The maximum Gasteiger partial charge on any atom is 0.255 e. The lowest BCUT2D eigenvalue weighted by molar-refractivity contribution is 0.102. The predicted octanol–water partition coefficient (Wildman–Crippen LogP) is 5.11. The summed E-state index contributed by atoms with van der Waals surface area (Å²) in [6.45, 7) is 6.15. The lowest BCUT2D eigenvalue weighted by Gasteiger charge is -2.35. The van der Waals surface area contributed by atoms with E-state index in [9.17, 15) is 4.79 Å². The zero-order valence-electron chi connectivity index (χ0n) is 15.7. The quantitative estimate of drug-likeness (QED) is 0.786. The average Bonchev–Trinajstić information content (AvgIpc) is 2.68. The molecule has 0 aliphatic carbocycles. The molecule has 4 nitrogen and oxygen atoms in total. The number of ether oxygens (including phenoxy) is 1. The van der Waals surface area contributed by atoms with Crippen LogP contribution in [0.15, 0.2) is 48.5 Å². The summed E-state index contributed by atoms with van der Waals surface area (Å²) < 4.78 is 5.55. The van der Waals surface area contributed by atoms with Gasteiger partial charge in [0.2, 0.25) is 0 Å². The van der Waals surface area contributed by atoms with E-state index >= 15 is 0 Å². The first kappa shape index (κ1) is 18.3. The van der Waals surface area contributed by atoms with Crippen molar-refractivity contribution in [3.05, 3.63) is 54.1 Å². The highest BCUT2D eigenvalue weighted by molar-refractivity contribution is 6.04. The van der Waals surface area contributed by atoms with Crippen LogP contribution >= 0.6 is 0 Å². The molecule has 3 rings (SSSR count). The van der Waals surface area contributed by atoms with Crippen LogP contribution in [0, 0.1) is 0 Å². The van der Waals surface area contributed by atoms with E-state index in [0.29, 0.717) is 18.2 Å². The van der Waals surface area contributed by atoms with Crippen molar-refractivity contribution in [1.29, 1.82) is 0 Å². The number of hydrogen-bond acceptors (Lipinski definition) is 3. The Kier molecular flexibility index (Phi) is 6.16. The molecule has 0 spiro atoms. The minimum absolute atomic E-state index is 0.105. The van der Waals surface area contributed by atoms with Crippen LogP contribution in [0.1, 0.15) is 49.9 Å². The fraction of sp³-hybridized carbons (Fsp3) is 0.409. The molecule has 1 N–H and O–H groups in total. The average molecular weight is 352 g/mol. The number of nitrogens with one attached hydrogen (secondary N) is 1. The fourth-order valence-corrected chi connectivity index (χ4v) is 3.34. The van der Waals surface area contributed by atoms with Crippen LogP contribution in [0.4, 0.5) is 11.4 Å². The molecule has 2 aromatic rings. The molecule has 26 heavy (non-hydrogen) atoms. The van der Waals surface area contributed by atoms with Crippen molar-refractivity contribution >= 4 is 17.3 Å². The molecule has 0 saturated carbocycles. The summed E-state index contributed by atoms with van der Waals surface area (Å²) in [5.41, 5.74) is 2.67. The highest BCUT2D eigenvalue weighted by atomic mass is 16.5. The first-order valence-corrected chi connectivity index (χ1v) is 9.58. The molecule has 0 unspecified atom stereocenters. The molecule has 1 saturated heterocycles. The summed E-state index contributed by atoms with van der Waals surface area (Å²) in [6, 6.07) is 16.0. The largest absolute Gasteiger partial charge is 0.494 e. The number of nitrogens with zero attached hydrogens (tertiary/aromatic N) is 1. The van der Waals surface area contributed by atoms with Crippen LogP contribution in [-0.2, 0) is 0 Å². The van der Waals surface area contributed by atoms with Gasteiger partial charge in [0, 0.05) is 29.5 Å². The minimum atomic E-state index is -0.105. The molecular formula is C22H28N2O2. The number of benzene rings is 2.